The maximum atomic E-state index is 12.0. The number of carbonyl (C=O) groups is 1. The fourth-order valence-electron chi connectivity index (χ4n) is 1.51. The Morgan fingerprint density at radius 3 is 2.53 bits per heavy atom. The zero-order valence-corrected chi connectivity index (χ0v) is 11.9. The zero-order chi connectivity index (χ0) is 14.3. The van der Waals surface area contributed by atoms with Crippen LogP contribution in [0.2, 0.25) is 0 Å². The average molecular weight is 267 g/mol. The molecule has 5 heteroatoms. The smallest absolute Gasteiger partial charge is 0.277 e. The summed E-state index contributed by atoms with van der Waals surface area (Å²) in [5, 5.41) is 1.16. The summed E-state index contributed by atoms with van der Waals surface area (Å²) in [5.41, 5.74) is 0.497. The lowest BCUT2D eigenvalue weighted by atomic mass is 10.2. The van der Waals surface area contributed by atoms with Crippen LogP contribution in [0.3, 0.4) is 0 Å². The topological polar surface area (TPSA) is 48.0 Å². The van der Waals surface area contributed by atoms with Gasteiger partial charge in [0.1, 0.15) is 0 Å². The van der Waals surface area contributed by atoms with Gasteiger partial charge in [0.2, 0.25) is 0 Å². The SMILES string of the molecule is CCCOc1ccc(C(=O)N(C)OC)cc1OCC. The summed E-state index contributed by atoms with van der Waals surface area (Å²) >= 11 is 0. The second-order valence-corrected chi connectivity index (χ2v) is 3.93. The summed E-state index contributed by atoms with van der Waals surface area (Å²) in [7, 11) is 3.00. The third kappa shape index (κ3) is 4.13. The lowest BCUT2D eigenvalue weighted by Gasteiger charge is -2.16. The van der Waals surface area contributed by atoms with Crippen molar-refractivity contribution in [1.82, 2.24) is 5.06 Å². The van der Waals surface area contributed by atoms with Crippen LogP contribution in [0.25, 0.3) is 0 Å². The molecule has 1 amide bonds. The summed E-state index contributed by atoms with van der Waals surface area (Å²) in [6, 6.07) is 5.12. The van der Waals surface area contributed by atoms with Gasteiger partial charge in [0, 0.05) is 12.6 Å². The largest absolute Gasteiger partial charge is 0.490 e. The van der Waals surface area contributed by atoms with Crippen molar-refractivity contribution in [2.24, 2.45) is 0 Å². The first-order chi connectivity index (χ1) is 9.13. The Morgan fingerprint density at radius 1 is 1.21 bits per heavy atom. The minimum Gasteiger partial charge on any atom is -0.490 e. The molecule has 0 spiro atoms. The van der Waals surface area contributed by atoms with Crippen LogP contribution in [0.15, 0.2) is 18.2 Å². The van der Waals surface area contributed by atoms with Crippen molar-refractivity contribution < 1.29 is 19.1 Å². The first-order valence-corrected chi connectivity index (χ1v) is 6.35. The maximum Gasteiger partial charge on any atom is 0.277 e. The van der Waals surface area contributed by atoms with Crippen LogP contribution in [-0.4, -0.2) is 38.3 Å². The van der Waals surface area contributed by atoms with E-state index in [0.717, 1.165) is 11.5 Å². The van der Waals surface area contributed by atoms with Crippen molar-refractivity contribution >= 4 is 5.91 Å². The number of amides is 1. The summed E-state index contributed by atoms with van der Waals surface area (Å²) in [5.74, 6) is 0.997. The molecule has 0 atom stereocenters. The highest BCUT2D eigenvalue weighted by atomic mass is 16.7. The van der Waals surface area contributed by atoms with E-state index in [-0.39, 0.29) is 5.91 Å². The molecule has 0 aliphatic heterocycles. The van der Waals surface area contributed by atoms with Gasteiger partial charge in [-0.05, 0) is 31.5 Å². The van der Waals surface area contributed by atoms with Crippen LogP contribution < -0.4 is 9.47 Å². The monoisotopic (exact) mass is 267 g/mol. The lowest BCUT2D eigenvalue weighted by molar-refractivity contribution is -0.0757. The first kappa shape index (κ1) is 15.3. The first-order valence-electron chi connectivity index (χ1n) is 6.35. The van der Waals surface area contributed by atoms with E-state index in [1.165, 1.54) is 7.11 Å². The zero-order valence-electron chi connectivity index (χ0n) is 11.9. The van der Waals surface area contributed by atoms with Crippen molar-refractivity contribution in [1.29, 1.82) is 0 Å². The van der Waals surface area contributed by atoms with Crippen molar-refractivity contribution in [2.45, 2.75) is 20.3 Å². The molecular weight excluding hydrogens is 246 g/mol. The Morgan fingerprint density at radius 2 is 1.95 bits per heavy atom. The normalized spacial score (nSPS) is 10.1. The van der Waals surface area contributed by atoms with Crippen LogP contribution in [0.1, 0.15) is 30.6 Å². The quantitative estimate of drug-likeness (QED) is 0.712. The van der Waals surface area contributed by atoms with Gasteiger partial charge in [0.15, 0.2) is 11.5 Å². The summed E-state index contributed by atoms with van der Waals surface area (Å²) < 4.78 is 11.1. The molecule has 0 radical (unpaired) electrons. The van der Waals surface area contributed by atoms with Gasteiger partial charge < -0.3 is 9.47 Å². The van der Waals surface area contributed by atoms with Crippen LogP contribution in [0.5, 0.6) is 11.5 Å². The van der Waals surface area contributed by atoms with Crippen LogP contribution >= 0.6 is 0 Å². The minimum absolute atomic E-state index is 0.231. The molecule has 106 valence electrons. The van der Waals surface area contributed by atoms with Crippen molar-refractivity contribution in [3.63, 3.8) is 0 Å². The molecular formula is C14H21NO4. The van der Waals surface area contributed by atoms with E-state index in [9.17, 15) is 4.79 Å². The Hall–Kier alpha value is -1.75. The second-order valence-electron chi connectivity index (χ2n) is 3.93. The van der Waals surface area contributed by atoms with Crippen molar-refractivity contribution in [3.8, 4) is 11.5 Å². The minimum atomic E-state index is -0.231. The molecule has 0 saturated carbocycles. The van der Waals surface area contributed by atoms with Crippen LogP contribution in [0, 0.1) is 0 Å². The lowest BCUT2D eigenvalue weighted by Crippen LogP contribution is -2.25. The Labute approximate surface area is 114 Å². The molecule has 0 aliphatic carbocycles. The van der Waals surface area contributed by atoms with E-state index in [1.807, 2.05) is 13.8 Å². The number of hydrogen-bond acceptors (Lipinski definition) is 4. The molecule has 0 fully saturated rings. The standard InChI is InChI=1S/C14H21NO4/c1-5-9-19-12-8-7-11(10-13(12)18-6-2)14(16)15(3)17-4/h7-8,10H,5-6,9H2,1-4H3. The van der Waals surface area contributed by atoms with E-state index < -0.39 is 0 Å². The fourth-order valence-corrected chi connectivity index (χ4v) is 1.51. The molecule has 5 nitrogen and oxygen atoms in total. The second kappa shape index (κ2) is 7.63. The number of nitrogens with zero attached hydrogens (tertiary/aromatic N) is 1. The van der Waals surface area contributed by atoms with Gasteiger partial charge in [-0.3, -0.25) is 9.63 Å². The molecule has 0 saturated heterocycles. The molecule has 0 N–H and O–H groups in total. The van der Waals surface area contributed by atoms with Gasteiger partial charge in [-0.15, -0.1) is 0 Å². The third-order valence-electron chi connectivity index (χ3n) is 2.51. The van der Waals surface area contributed by atoms with Gasteiger partial charge in [-0.2, -0.15) is 0 Å². The van der Waals surface area contributed by atoms with Gasteiger partial charge in [0.05, 0.1) is 20.3 Å². The number of rotatable bonds is 7. The highest BCUT2D eigenvalue weighted by Gasteiger charge is 2.14. The third-order valence-corrected chi connectivity index (χ3v) is 2.51. The van der Waals surface area contributed by atoms with Gasteiger partial charge in [-0.25, -0.2) is 5.06 Å². The molecule has 1 rings (SSSR count). The molecule has 1 aromatic carbocycles. The van der Waals surface area contributed by atoms with Crippen molar-refractivity contribution in [3.05, 3.63) is 23.8 Å². The molecule has 0 heterocycles. The molecule has 19 heavy (non-hydrogen) atoms. The van der Waals surface area contributed by atoms with E-state index in [0.29, 0.717) is 30.3 Å². The molecule has 0 aromatic heterocycles. The molecule has 1 aromatic rings. The van der Waals surface area contributed by atoms with Crippen LogP contribution in [0.4, 0.5) is 0 Å². The average Bonchev–Trinajstić information content (AvgIpc) is 2.44. The number of ether oxygens (including phenoxy) is 2. The van der Waals surface area contributed by atoms with E-state index in [1.54, 1.807) is 25.2 Å². The highest BCUT2D eigenvalue weighted by molar-refractivity contribution is 5.94. The predicted octanol–water partition coefficient (Wildman–Crippen LogP) is 2.51. The van der Waals surface area contributed by atoms with Gasteiger partial charge in [-0.1, -0.05) is 6.92 Å². The maximum absolute atomic E-state index is 12.0. The molecule has 0 unspecified atom stereocenters. The highest BCUT2D eigenvalue weighted by Crippen LogP contribution is 2.29. The van der Waals surface area contributed by atoms with Gasteiger partial charge in [0.25, 0.3) is 5.91 Å². The van der Waals surface area contributed by atoms with E-state index in [2.05, 4.69) is 0 Å². The molecule has 0 aliphatic rings. The number of carbonyl (C=O) groups excluding carboxylic acids is 1. The van der Waals surface area contributed by atoms with Crippen LogP contribution in [-0.2, 0) is 4.84 Å². The molecule has 0 bridgehead atoms. The van der Waals surface area contributed by atoms with E-state index >= 15 is 0 Å². The predicted molar refractivity (Wildman–Crippen MR) is 72.5 cm³/mol. The Kier molecular flexibility index (Phi) is 6.15. The summed E-state index contributed by atoms with van der Waals surface area (Å²) in [4.78, 5) is 16.8. The number of hydroxylamine groups is 2. The van der Waals surface area contributed by atoms with E-state index in [4.69, 9.17) is 14.3 Å². The number of benzene rings is 1. The Balaban J connectivity index is 2.97. The fraction of sp³-hybridized carbons (Fsp3) is 0.500. The van der Waals surface area contributed by atoms with Crippen molar-refractivity contribution in [2.75, 3.05) is 27.4 Å². The Bertz CT molecular complexity index is 420. The summed E-state index contributed by atoms with van der Waals surface area (Å²) in [6.07, 6.45) is 0.915. The summed E-state index contributed by atoms with van der Waals surface area (Å²) in [6.45, 7) is 5.05. The van der Waals surface area contributed by atoms with Gasteiger partial charge >= 0.3 is 0 Å². The number of hydrogen-bond donors (Lipinski definition) is 0.